The first-order valence-corrected chi connectivity index (χ1v) is 11.1. The standard InChI is InChI=1S/C22H35F3N6.HI/c1-4-30-9-5-6-19(30)16-28-21(26-2)27-15-17-14-18(22(23,24)25)7-8-20(17)31-12-10-29(3)11-13-31;/h7-8,14,19H,4-6,9-13,15-16H2,1-3H3,(H2,26,27,28);1H. The van der Waals surface area contributed by atoms with Crippen molar-refractivity contribution in [2.75, 3.05) is 64.8 Å². The Kier molecular flexibility index (Phi) is 10.3. The molecule has 0 amide bonds. The zero-order valence-electron chi connectivity index (χ0n) is 19.2. The molecule has 2 fully saturated rings. The van der Waals surface area contributed by atoms with Gasteiger partial charge in [0, 0.05) is 58.0 Å². The van der Waals surface area contributed by atoms with E-state index in [0.29, 0.717) is 17.6 Å². The minimum atomic E-state index is -4.36. The lowest BCUT2D eigenvalue weighted by atomic mass is 10.1. The van der Waals surface area contributed by atoms with Gasteiger partial charge in [-0.2, -0.15) is 13.2 Å². The summed E-state index contributed by atoms with van der Waals surface area (Å²) in [6, 6.07) is 4.53. The molecule has 0 bridgehead atoms. The highest BCUT2D eigenvalue weighted by atomic mass is 127. The van der Waals surface area contributed by atoms with E-state index < -0.39 is 11.7 Å². The van der Waals surface area contributed by atoms with Gasteiger partial charge in [-0.25, -0.2) is 0 Å². The summed E-state index contributed by atoms with van der Waals surface area (Å²) in [5.41, 5.74) is 0.880. The van der Waals surface area contributed by atoms with Gasteiger partial charge in [-0.3, -0.25) is 9.89 Å². The van der Waals surface area contributed by atoms with Crippen LogP contribution in [-0.2, 0) is 12.7 Å². The maximum atomic E-state index is 13.3. The smallest absolute Gasteiger partial charge is 0.369 e. The van der Waals surface area contributed by atoms with Gasteiger partial charge in [0.1, 0.15) is 0 Å². The molecule has 10 heteroatoms. The van der Waals surface area contributed by atoms with Gasteiger partial charge in [0.25, 0.3) is 0 Å². The number of likely N-dealkylation sites (tertiary alicyclic amines) is 1. The van der Waals surface area contributed by atoms with Gasteiger partial charge < -0.3 is 20.4 Å². The van der Waals surface area contributed by atoms with Crippen molar-refractivity contribution in [2.45, 2.75) is 38.5 Å². The molecule has 182 valence electrons. The van der Waals surface area contributed by atoms with Crippen molar-refractivity contribution in [3.05, 3.63) is 29.3 Å². The lowest BCUT2D eigenvalue weighted by molar-refractivity contribution is -0.137. The minimum absolute atomic E-state index is 0. The van der Waals surface area contributed by atoms with Crippen LogP contribution in [0.5, 0.6) is 0 Å². The van der Waals surface area contributed by atoms with Crippen LogP contribution >= 0.6 is 24.0 Å². The van der Waals surface area contributed by atoms with Crippen molar-refractivity contribution < 1.29 is 13.2 Å². The summed E-state index contributed by atoms with van der Waals surface area (Å²) in [5, 5.41) is 6.58. The largest absolute Gasteiger partial charge is 0.416 e. The lowest BCUT2D eigenvalue weighted by Gasteiger charge is -2.35. The van der Waals surface area contributed by atoms with Crippen LogP contribution < -0.4 is 15.5 Å². The zero-order valence-corrected chi connectivity index (χ0v) is 21.5. The molecule has 2 aliphatic rings. The Morgan fingerprint density at radius 2 is 1.84 bits per heavy atom. The van der Waals surface area contributed by atoms with Gasteiger partial charge in [0.05, 0.1) is 5.56 Å². The molecule has 0 aromatic heterocycles. The number of guanidine groups is 1. The Balaban J connectivity index is 0.00000363. The number of likely N-dealkylation sites (N-methyl/N-ethyl adjacent to an activating group) is 2. The summed E-state index contributed by atoms with van der Waals surface area (Å²) in [5.74, 6) is 0.615. The predicted octanol–water partition coefficient (Wildman–Crippen LogP) is 3.22. The van der Waals surface area contributed by atoms with E-state index in [2.05, 4.69) is 44.3 Å². The number of alkyl halides is 3. The van der Waals surface area contributed by atoms with Crippen molar-refractivity contribution in [3.63, 3.8) is 0 Å². The van der Waals surface area contributed by atoms with Crippen molar-refractivity contribution >= 4 is 35.6 Å². The summed E-state index contributed by atoms with van der Waals surface area (Å²) in [6.07, 6.45) is -2.01. The molecule has 6 nitrogen and oxygen atoms in total. The van der Waals surface area contributed by atoms with E-state index in [0.717, 1.165) is 57.9 Å². The maximum absolute atomic E-state index is 13.3. The minimum Gasteiger partial charge on any atom is -0.369 e. The van der Waals surface area contributed by atoms with Crippen LogP contribution in [0.1, 0.15) is 30.9 Å². The Morgan fingerprint density at radius 3 is 2.47 bits per heavy atom. The average Bonchev–Trinajstić information content (AvgIpc) is 3.21. The Labute approximate surface area is 206 Å². The van der Waals surface area contributed by atoms with Crippen molar-refractivity contribution in [2.24, 2.45) is 4.99 Å². The molecule has 1 aromatic rings. The number of benzene rings is 1. The number of piperazine rings is 1. The highest BCUT2D eigenvalue weighted by Gasteiger charge is 2.31. The topological polar surface area (TPSA) is 46.1 Å². The van der Waals surface area contributed by atoms with E-state index >= 15 is 0 Å². The third kappa shape index (κ3) is 7.11. The third-order valence-electron chi connectivity index (χ3n) is 6.33. The van der Waals surface area contributed by atoms with Gasteiger partial charge >= 0.3 is 6.18 Å². The fourth-order valence-corrected chi connectivity index (χ4v) is 4.42. The van der Waals surface area contributed by atoms with Crippen LogP contribution in [0, 0.1) is 0 Å². The molecule has 0 radical (unpaired) electrons. The first-order chi connectivity index (χ1) is 14.8. The van der Waals surface area contributed by atoms with Crippen LogP contribution in [0.25, 0.3) is 0 Å². The first-order valence-electron chi connectivity index (χ1n) is 11.1. The molecule has 2 saturated heterocycles. The van der Waals surface area contributed by atoms with Crippen molar-refractivity contribution in [3.8, 4) is 0 Å². The van der Waals surface area contributed by atoms with Gasteiger partial charge in [0.2, 0.25) is 0 Å². The van der Waals surface area contributed by atoms with E-state index in [4.69, 9.17) is 0 Å². The second-order valence-corrected chi connectivity index (χ2v) is 8.36. The molecule has 3 rings (SSSR count). The molecule has 1 unspecified atom stereocenters. The number of halogens is 4. The average molecular weight is 568 g/mol. The maximum Gasteiger partial charge on any atom is 0.416 e. The summed E-state index contributed by atoms with van der Waals surface area (Å²) >= 11 is 0. The molecule has 1 aromatic carbocycles. The predicted molar refractivity (Wildman–Crippen MR) is 135 cm³/mol. The van der Waals surface area contributed by atoms with Gasteiger partial charge in [-0.05, 0) is 56.7 Å². The highest BCUT2D eigenvalue weighted by Crippen LogP contribution is 2.33. The van der Waals surface area contributed by atoms with E-state index in [1.54, 1.807) is 13.1 Å². The van der Waals surface area contributed by atoms with E-state index in [1.165, 1.54) is 18.6 Å². The van der Waals surface area contributed by atoms with Gasteiger partial charge in [0.15, 0.2) is 5.96 Å². The van der Waals surface area contributed by atoms with Crippen molar-refractivity contribution in [1.82, 2.24) is 20.4 Å². The normalized spacial score (nSPS) is 20.9. The second kappa shape index (κ2) is 12.3. The molecule has 2 aliphatic heterocycles. The second-order valence-electron chi connectivity index (χ2n) is 8.36. The molecule has 0 spiro atoms. The number of hydrogen-bond acceptors (Lipinski definition) is 4. The zero-order chi connectivity index (χ0) is 22.4. The number of nitrogens with zero attached hydrogens (tertiary/aromatic N) is 4. The van der Waals surface area contributed by atoms with Gasteiger partial charge in [-0.15, -0.1) is 24.0 Å². The summed E-state index contributed by atoms with van der Waals surface area (Å²) in [4.78, 5) is 11.1. The van der Waals surface area contributed by atoms with Crippen LogP contribution in [0.4, 0.5) is 18.9 Å². The molecule has 0 saturated carbocycles. The summed E-state index contributed by atoms with van der Waals surface area (Å²) in [6.45, 7) is 8.77. The van der Waals surface area contributed by atoms with Gasteiger partial charge in [-0.1, -0.05) is 6.92 Å². The molecule has 2 heterocycles. The molecule has 32 heavy (non-hydrogen) atoms. The van der Waals surface area contributed by atoms with E-state index in [1.807, 2.05) is 0 Å². The van der Waals surface area contributed by atoms with E-state index in [-0.39, 0.29) is 30.5 Å². The third-order valence-corrected chi connectivity index (χ3v) is 6.33. The molecule has 0 aliphatic carbocycles. The number of anilines is 1. The summed E-state index contributed by atoms with van der Waals surface area (Å²) < 4.78 is 40.0. The Hall–Kier alpha value is -1.27. The highest BCUT2D eigenvalue weighted by molar-refractivity contribution is 14.0. The lowest BCUT2D eigenvalue weighted by Crippen LogP contribution is -2.46. The van der Waals surface area contributed by atoms with Crippen LogP contribution in [-0.4, -0.2) is 81.7 Å². The van der Waals surface area contributed by atoms with Crippen LogP contribution in [0.2, 0.25) is 0 Å². The molecule has 1 atom stereocenters. The Morgan fingerprint density at radius 1 is 1.12 bits per heavy atom. The monoisotopic (exact) mass is 568 g/mol. The summed E-state index contributed by atoms with van der Waals surface area (Å²) in [7, 11) is 3.75. The van der Waals surface area contributed by atoms with Crippen molar-refractivity contribution in [1.29, 1.82) is 0 Å². The fourth-order valence-electron chi connectivity index (χ4n) is 4.42. The molecule has 2 N–H and O–H groups in total. The SMILES string of the molecule is CCN1CCCC1CNC(=NC)NCc1cc(C(F)(F)F)ccc1N1CCN(C)CC1.I. The molecular weight excluding hydrogens is 532 g/mol. The van der Waals surface area contributed by atoms with Crippen LogP contribution in [0.3, 0.4) is 0 Å². The Bertz CT molecular complexity index is 750. The number of hydrogen-bond donors (Lipinski definition) is 2. The first kappa shape index (κ1) is 27.0. The molecular formula is C22H36F3IN6. The number of nitrogens with one attached hydrogen (secondary N) is 2. The number of rotatable bonds is 6. The number of aliphatic imine (C=N–C) groups is 1. The van der Waals surface area contributed by atoms with Crippen LogP contribution in [0.15, 0.2) is 23.2 Å². The quantitative estimate of drug-likeness (QED) is 0.314. The van der Waals surface area contributed by atoms with E-state index in [9.17, 15) is 13.2 Å². The fraction of sp³-hybridized carbons (Fsp3) is 0.682.